The molecule has 1 atom stereocenters. The van der Waals surface area contributed by atoms with E-state index in [2.05, 4.69) is 13.8 Å². The summed E-state index contributed by atoms with van der Waals surface area (Å²) in [6.07, 6.45) is 0.926. The number of hydrogen-bond donors (Lipinski definition) is 0. The summed E-state index contributed by atoms with van der Waals surface area (Å²) in [5.74, 6) is 0. The fourth-order valence-electron chi connectivity index (χ4n) is 0.557. The summed E-state index contributed by atoms with van der Waals surface area (Å²) in [4.78, 5) is 0. The van der Waals surface area contributed by atoms with Gasteiger partial charge in [0.25, 0.3) is 6.57 Å². The third-order valence-electron chi connectivity index (χ3n) is 1.22. The van der Waals surface area contributed by atoms with Gasteiger partial charge in [-0.05, 0) is 11.7 Å². The van der Waals surface area contributed by atoms with E-state index in [9.17, 15) is 4.57 Å². The molecule has 0 aromatic heterocycles. The maximum atomic E-state index is 11.7. The highest BCUT2D eigenvalue weighted by molar-refractivity contribution is 8.58. The van der Waals surface area contributed by atoms with Gasteiger partial charge in [-0.1, -0.05) is 32.2 Å². The van der Waals surface area contributed by atoms with Crippen LogP contribution in [0, 0.1) is 0 Å². The lowest BCUT2D eigenvalue weighted by Crippen LogP contribution is -1.90. The molecule has 0 aromatic carbocycles. The van der Waals surface area contributed by atoms with E-state index in [1.165, 1.54) is 11.4 Å². The molecule has 0 aromatic rings. The van der Waals surface area contributed by atoms with E-state index in [4.69, 9.17) is 4.52 Å². The lowest BCUT2D eigenvalue weighted by Gasteiger charge is -2.12. The fourth-order valence-corrected chi connectivity index (χ4v) is 5.96. The maximum Gasteiger partial charge on any atom is 0.255 e. The molecule has 0 saturated heterocycles. The number of hydrogen-bond acceptors (Lipinski definition) is 4. The summed E-state index contributed by atoms with van der Waals surface area (Å²) in [5, 5.41) is 1.45. The van der Waals surface area contributed by atoms with Crippen LogP contribution in [-0.2, 0) is 9.09 Å². The summed E-state index contributed by atoms with van der Waals surface area (Å²) in [5.41, 5.74) is 0. The maximum absolute atomic E-state index is 11.7. The Balaban J connectivity index is 3.57. The Bertz CT molecular complexity index is 174. The van der Waals surface area contributed by atoms with Crippen LogP contribution < -0.4 is 0 Å². The fraction of sp³-hybridized carbons (Fsp3) is 1.00. The third kappa shape index (κ3) is 9.20. The molecular weight excluding hydrogens is 223 g/mol. The van der Waals surface area contributed by atoms with E-state index < -0.39 is 6.57 Å². The van der Waals surface area contributed by atoms with Gasteiger partial charge in [0.05, 0.1) is 6.61 Å². The molecule has 0 bridgehead atoms. The van der Waals surface area contributed by atoms with Crippen molar-refractivity contribution in [3.8, 4) is 0 Å². The first-order valence-corrected chi connectivity index (χ1v) is 9.17. The molecule has 1 unspecified atom stereocenters. The van der Waals surface area contributed by atoms with Gasteiger partial charge < -0.3 is 4.52 Å². The van der Waals surface area contributed by atoms with E-state index in [0.29, 0.717) is 11.9 Å². The van der Waals surface area contributed by atoms with Gasteiger partial charge in [0.2, 0.25) is 0 Å². The van der Waals surface area contributed by atoms with E-state index in [1.807, 2.05) is 6.92 Å². The molecule has 0 aliphatic heterocycles. The number of thioether (sulfide) groups is 1. The molecule has 0 aliphatic rings. The van der Waals surface area contributed by atoms with Crippen LogP contribution in [0.5, 0.6) is 0 Å². The highest BCUT2D eigenvalue weighted by Crippen LogP contribution is 2.57. The molecule has 0 radical (unpaired) electrons. The molecule has 0 aliphatic carbocycles. The second-order valence-electron chi connectivity index (χ2n) is 3.07. The van der Waals surface area contributed by atoms with Crippen LogP contribution in [0.2, 0.25) is 0 Å². The van der Waals surface area contributed by atoms with E-state index in [0.717, 1.165) is 11.5 Å². The predicted octanol–water partition coefficient (Wildman–Crippen LogP) is 4.07. The van der Waals surface area contributed by atoms with Crippen molar-refractivity contribution in [3.63, 3.8) is 0 Å². The van der Waals surface area contributed by atoms with E-state index in [1.54, 1.807) is 18.4 Å². The summed E-state index contributed by atoms with van der Waals surface area (Å²) >= 11 is 3.25. The van der Waals surface area contributed by atoms with Crippen LogP contribution in [0.1, 0.15) is 27.2 Å². The molecule has 0 spiro atoms. The van der Waals surface area contributed by atoms with E-state index >= 15 is 0 Å². The Labute approximate surface area is 89.8 Å². The number of rotatable bonds is 7. The van der Waals surface area contributed by atoms with Crippen LogP contribution in [0.3, 0.4) is 0 Å². The van der Waals surface area contributed by atoms with Crippen LogP contribution in [0.25, 0.3) is 0 Å². The summed E-state index contributed by atoms with van der Waals surface area (Å²) in [6, 6.07) is 0. The smallest absolute Gasteiger partial charge is 0.255 e. The minimum Gasteiger partial charge on any atom is -0.321 e. The molecule has 0 saturated carbocycles. The van der Waals surface area contributed by atoms with Crippen molar-refractivity contribution in [2.24, 2.45) is 0 Å². The lowest BCUT2D eigenvalue weighted by molar-refractivity contribution is 0.328. The minimum absolute atomic E-state index is 0.596. The summed E-state index contributed by atoms with van der Waals surface area (Å²) < 4.78 is 16.9. The Morgan fingerprint density at radius 2 is 2.08 bits per heavy atom. The van der Waals surface area contributed by atoms with Crippen molar-refractivity contribution >= 4 is 29.7 Å². The van der Waals surface area contributed by atoms with Crippen molar-refractivity contribution in [3.05, 3.63) is 0 Å². The Morgan fingerprint density at radius 3 is 2.54 bits per heavy atom. The Kier molecular flexibility index (Phi) is 7.71. The van der Waals surface area contributed by atoms with Crippen molar-refractivity contribution in [1.82, 2.24) is 0 Å². The van der Waals surface area contributed by atoms with Crippen LogP contribution >= 0.6 is 29.7 Å². The molecule has 0 N–H and O–H groups in total. The second kappa shape index (κ2) is 7.22. The summed E-state index contributed by atoms with van der Waals surface area (Å²) in [7, 11) is 0. The zero-order valence-corrected chi connectivity index (χ0v) is 11.3. The first-order valence-electron chi connectivity index (χ1n) is 4.46. The van der Waals surface area contributed by atoms with Gasteiger partial charge in [-0.25, -0.2) is 0 Å². The van der Waals surface area contributed by atoms with Gasteiger partial charge in [-0.3, -0.25) is 4.57 Å². The third-order valence-corrected chi connectivity index (χ3v) is 6.64. The normalized spacial score (nSPS) is 16.1. The minimum atomic E-state index is -2.37. The SMILES string of the molecule is CCCOP(C)(=O)SCSC(C)C. The van der Waals surface area contributed by atoms with Crippen molar-refractivity contribution in [2.45, 2.75) is 32.4 Å². The van der Waals surface area contributed by atoms with Gasteiger partial charge in [-0.15, -0.1) is 11.8 Å². The largest absolute Gasteiger partial charge is 0.321 e. The Hall–Kier alpha value is 0.890. The van der Waals surface area contributed by atoms with Crippen LogP contribution in [-0.4, -0.2) is 23.6 Å². The van der Waals surface area contributed by atoms with Crippen molar-refractivity contribution in [1.29, 1.82) is 0 Å². The first-order chi connectivity index (χ1) is 5.98. The predicted molar refractivity (Wildman–Crippen MR) is 65.0 cm³/mol. The van der Waals surface area contributed by atoms with Gasteiger partial charge in [0, 0.05) is 11.7 Å². The molecule has 2 nitrogen and oxygen atoms in total. The van der Waals surface area contributed by atoms with Gasteiger partial charge >= 0.3 is 0 Å². The van der Waals surface area contributed by atoms with Crippen molar-refractivity contribution < 1.29 is 9.09 Å². The second-order valence-corrected chi connectivity index (χ2v) is 10.1. The summed E-state index contributed by atoms with van der Waals surface area (Å²) in [6.45, 7) is 6.23. The Morgan fingerprint density at radius 1 is 1.46 bits per heavy atom. The zero-order chi connectivity index (χ0) is 10.3. The molecule has 13 heavy (non-hydrogen) atoms. The topological polar surface area (TPSA) is 26.3 Å². The van der Waals surface area contributed by atoms with E-state index in [-0.39, 0.29) is 0 Å². The molecule has 0 amide bonds. The van der Waals surface area contributed by atoms with Gasteiger partial charge in [0.15, 0.2) is 0 Å². The standard InChI is InChI=1S/C8H19O2PS2/c1-5-6-10-11(4,9)13-7-12-8(2)3/h8H,5-7H2,1-4H3. The highest BCUT2D eigenvalue weighted by Gasteiger charge is 2.15. The monoisotopic (exact) mass is 242 g/mol. The first kappa shape index (κ1) is 13.9. The van der Waals surface area contributed by atoms with Crippen molar-refractivity contribution in [2.75, 3.05) is 18.4 Å². The van der Waals surface area contributed by atoms with Crippen LogP contribution in [0.4, 0.5) is 0 Å². The molecule has 5 heteroatoms. The molecular formula is C8H19O2PS2. The average molecular weight is 242 g/mol. The molecule has 0 heterocycles. The van der Waals surface area contributed by atoms with Crippen LogP contribution in [0.15, 0.2) is 0 Å². The molecule has 0 fully saturated rings. The lowest BCUT2D eigenvalue weighted by atomic mass is 10.5. The highest BCUT2D eigenvalue weighted by atomic mass is 32.7. The quantitative estimate of drug-likeness (QED) is 0.496. The molecule has 0 rings (SSSR count). The molecule has 80 valence electrons. The van der Waals surface area contributed by atoms with Gasteiger partial charge in [0.1, 0.15) is 0 Å². The van der Waals surface area contributed by atoms with Gasteiger partial charge in [-0.2, -0.15) is 0 Å². The average Bonchev–Trinajstić information content (AvgIpc) is 2.00. The zero-order valence-electron chi connectivity index (χ0n) is 8.78.